The van der Waals surface area contributed by atoms with Crippen LogP contribution in [-0.4, -0.2) is 19.5 Å². The monoisotopic (exact) mass is 778 g/mol. The molecule has 0 radical (unpaired) electrons. The van der Waals surface area contributed by atoms with Gasteiger partial charge in [0.2, 0.25) is 0 Å². The SMILES string of the molecule is S=C1C(=Cc2cc3c(s2)-c2cc4c(cc2C32CCCCC2)-c2sc(C=C3C(=S)c5ccccc5C3=S)cc2C42CCCCC2)C(=S)c2ccccc21. The second-order valence-electron chi connectivity index (χ2n) is 15.5. The maximum atomic E-state index is 5.99. The summed E-state index contributed by atoms with van der Waals surface area (Å²) in [6, 6.07) is 27.1. The van der Waals surface area contributed by atoms with Crippen LogP contribution < -0.4 is 0 Å². The molecule has 2 fully saturated rings. The fourth-order valence-corrected chi connectivity index (χ4v) is 14.6. The van der Waals surface area contributed by atoms with Crippen LogP contribution in [0.25, 0.3) is 33.0 Å². The van der Waals surface area contributed by atoms with Crippen molar-refractivity contribution in [2.75, 3.05) is 0 Å². The van der Waals surface area contributed by atoms with Gasteiger partial charge in [0.15, 0.2) is 0 Å². The van der Waals surface area contributed by atoms with Crippen LogP contribution in [0.15, 0.2) is 83.9 Å². The fraction of sp³-hybridized carbons (Fsp3) is 0.261. The van der Waals surface area contributed by atoms with Gasteiger partial charge in [-0.05, 0) is 95.5 Å². The highest BCUT2D eigenvalue weighted by Gasteiger charge is 2.50. The van der Waals surface area contributed by atoms with E-state index in [2.05, 4.69) is 84.9 Å². The largest absolute Gasteiger partial charge is 0.135 e. The number of benzene rings is 3. The second kappa shape index (κ2) is 11.7. The summed E-state index contributed by atoms with van der Waals surface area (Å²) in [5.41, 5.74) is 15.9. The highest BCUT2D eigenvalue weighted by Crippen LogP contribution is 2.64. The van der Waals surface area contributed by atoms with E-state index in [0.29, 0.717) is 0 Å². The van der Waals surface area contributed by atoms with Crippen LogP contribution in [0.3, 0.4) is 0 Å². The van der Waals surface area contributed by atoms with E-state index in [0.717, 1.165) is 52.9 Å². The molecular formula is C46H34S6. The zero-order chi connectivity index (χ0) is 34.9. The van der Waals surface area contributed by atoms with Gasteiger partial charge in [-0.15, -0.1) is 22.7 Å². The maximum Gasteiger partial charge on any atom is 0.0543 e. The lowest BCUT2D eigenvalue weighted by Crippen LogP contribution is -2.29. The molecule has 3 aromatic carbocycles. The summed E-state index contributed by atoms with van der Waals surface area (Å²) >= 11 is 27.9. The van der Waals surface area contributed by atoms with Gasteiger partial charge in [0.25, 0.3) is 0 Å². The molecule has 0 unspecified atom stereocenters. The lowest BCUT2D eigenvalue weighted by atomic mass is 9.66. The van der Waals surface area contributed by atoms with E-state index in [4.69, 9.17) is 48.9 Å². The maximum absolute atomic E-state index is 5.99. The Bertz CT molecular complexity index is 2300. The molecular weight excluding hydrogens is 745 g/mol. The molecule has 52 heavy (non-hydrogen) atoms. The zero-order valence-corrected chi connectivity index (χ0v) is 33.5. The standard InChI is InChI=1S/C46H34S6/c47-39-27-11-3-4-12-28(27)40(48)33(39)19-25-21-37-43(51-25)31-24-36-32(23-35(31)45(37)15-7-1-8-16-45)44-38(46(36)17-9-2-10-18-46)22-26(52-44)20-34-41(49)29-13-5-6-14-30(29)42(34)50/h3-6,11-14,19-24H,1-2,7-10,15-18H2. The highest BCUT2D eigenvalue weighted by atomic mass is 32.1. The molecule has 2 spiro atoms. The predicted molar refractivity (Wildman–Crippen MR) is 236 cm³/mol. The van der Waals surface area contributed by atoms with E-state index in [9.17, 15) is 0 Å². The lowest BCUT2D eigenvalue weighted by Gasteiger charge is -2.37. The molecule has 2 heterocycles. The van der Waals surface area contributed by atoms with Crippen LogP contribution in [-0.2, 0) is 10.8 Å². The molecule has 0 amide bonds. The Balaban J connectivity index is 1.05. The summed E-state index contributed by atoms with van der Waals surface area (Å²) in [5, 5.41) is 0. The van der Waals surface area contributed by atoms with Crippen LogP contribution in [0.4, 0.5) is 0 Å². The third kappa shape index (κ3) is 4.34. The van der Waals surface area contributed by atoms with Crippen molar-refractivity contribution in [3.63, 3.8) is 0 Å². The smallest absolute Gasteiger partial charge is 0.0543 e. The average Bonchev–Trinajstić information content (AvgIpc) is 3.99. The van der Waals surface area contributed by atoms with Crippen molar-refractivity contribution in [3.05, 3.63) is 138 Å². The quantitative estimate of drug-likeness (QED) is 0.129. The Morgan fingerprint density at radius 3 is 1.12 bits per heavy atom. The van der Waals surface area contributed by atoms with E-state index in [-0.39, 0.29) is 10.8 Å². The average molecular weight is 779 g/mol. The number of thiophene rings is 2. The molecule has 6 heteroatoms. The Kier molecular flexibility index (Phi) is 7.28. The molecule has 0 N–H and O–H groups in total. The summed E-state index contributed by atoms with van der Waals surface area (Å²) in [6.45, 7) is 0. The topological polar surface area (TPSA) is 0 Å². The van der Waals surface area contributed by atoms with Crippen LogP contribution >= 0.6 is 71.5 Å². The molecule has 254 valence electrons. The van der Waals surface area contributed by atoms with Gasteiger partial charge in [-0.25, -0.2) is 0 Å². The molecule has 0 aliphatic heterocycles. The molecule has 0 saturated heterocycles. The Morgan fingerprint density at radius 1 is 0.423 bits per heavy atom. The minimum absolute atomic E-state index is 0.0728. The van der Waals surface area contributed by atoms with Gasteiger partial charge in [-0.3, -0.25) is 0 Å². The Morgan fingerprint density at radius 2 is 0.769 bits per heavy atom. The number of fused-ring (bicyclic) bond motifs is 12. The van der Waals surface area contributed by atoms with Gasteiger partial charge >= 0.3 is 0 Å². The highest BCUT2D eigenvalue weighted by molar-refractivity contribution is 7.84. The molecule has 0 nitrogen and oxygen atoms in total. The molecule has 2 saturated carbocycles. The van der Waals surface area contributed by atoms with Crippen LogP contribution in [0, 0.1) is 0 Å². The molecule has 6 aliphatic carbocycles. The van der Waals surface area contributed by atoms with Crippen molar-refractivity contribution in [2.24, 2.45) is 0 Å². The van der Waals surface area contributed by atoms with Gasteiger partial charge < -0.3 is 0 Å². The van der Waals surface area contributed by atoms with E-state index in [1.165, 1.54) is 94.8 Å². The normalized spacial score (nSPS) is 19.9. The summed E-state index contributed by atoms with van der Waals surface area (Å²) in [7, 11) is 0. The van der Waals surface area contributed by atoms with Crippen molar-refractivity contribution in [1.82, 2.24) is 0 Å². The summed E-state index contributed by atoms with van der Waals surface area (Å²) < 4.78 is 0. The second-order valence-corrected chi connectivity index (χ2v) is 19.3. The third-order valence-corrected chi connectivity index (χ3v) is 17.0. The van der Waals surface area contributed by atoms with Crippen molar-refractivity contribution < 1.29 is 0 Å². The van der Waals surface area contributed by atoms with E-state index >= 15 is 0 Å². The Labute approximate surface area is 334 Å². The summed E-state index contributed by atoms with van der Waals surface area (Å²) in [6.07, 6.45) is 17.2. The lowest BCUT2D eigenvalue weighted by molar-refractivity contribution is 0.350. The van der Waals surface area contributed by atoms with Gasteiger partial charge in [-0.2, -0.15) is 0 Å². The summed E-state index contributed by atoms with van der Waals surface area (Å²) in [4.78, 5) is 9.08. The van der Waals surface area contributed by atoms with E-state index in [1.807, 2.05) is 22.7 Å². The number of rotatable bonds is 2. The minimum Gasteiger partial charge on any atom is -0.135 e. The predicted octanol–water partition coefficient (Wildman–Crippen LogP) is 13.3. The molecule has 0 atom stereocenters. The number of hydrogen-bond acceptors (Lipinski definition) is 6. The van der Waals surface area contributed by atoms with Crippen LogP contribution in [0.2, 0.25) is 0 Å². The van der Waals surface area contributed by atoms with Crippen molar-refractivity contribution in [2.45, 2.75) is 75.0 Å². The molecule has 2 aromatic heterocycles. The van der Waals surface area contributed by atoms with Crippen molar-refractivity contribution in [1.29, 1.82) is 0 Å². The first-order valence-corrected chi connectivity index (χ1v) is 21.9. The number of thiocarbonyl (C=S) groups is 4. The van der Waals surface area contributed by atoms with Crippen LogP contribution in [0.1, 0.15) is 118 Å². The number of hydrogen-bond donors (Lipinski definition) is 0. The first-order valence-electron chi connectivity index (χ1n) is 18.7. The Hall–Kier alpha value is -3.10. The van der Waals surface area contributed by atoms with E-state index < -0.39 is 0 Å². The van der Waals surface area contributed by atoms with Crippen LogP contribution in [0.5, 0.6) is 0 Å². The molecule has 11 rings (SSSR count). The minimum atomic E-state index is 0.0728. The number of allylic oxidation sites excluding steroid dienone is 2. The molecule has 0 bridgehead atoms. The van der Waals surface area contributed by atoms with Gasteiger partial charge in [0.05, 0.1) is 19.5 Å². The van der Waals surface area contributed by atoms with Gasteiger partial charge in [-0.1, -0.05) is 136 Å². The third-order valence-electron chi connectivity index (χ3n) is 13.0. The molecule has 6 aliphatic rings. The first-order chi connectivity index (χ1) is 25.4. The van der Waals surface area contributed by atoms with Gasteiger partial charge in [0, 0.05) is 63.7 Å². The van der Waals surface area contributed by atoms with Crippen molar-refractivity contribution >= 4 is 103 Å². The first kappa shape index (κ1) is 32.3. The van der Waals surface area contributed by atoms with Gasteiger partial charge in [0.1, 0.15) is 0 Å². The summed E-state index contributed by atoms with van der Waals surface area (Å²) in [5.74, 6) is 0. The van der Waals surface area contributed by atoms with E-state index in [1.54, 1.807) is 22.3 Å². The zero-order valence-electron chi connectivity index (χ0n) is 28.6. The fourth-order valence-electron chi connectivity index (χ4n) is 10.6. The molecule has 5 aromatic rings. The van der Waals surface area contributed by atoms with Crippen molar-refractivity contribution in [3.8, 4) is 20.9 Å².